The summed E-state index contributed by atoms with van der Waals surface area (Å²) < 4.78 is 1.87. The molecule has 2 aromatic heterocycles. The lowest BCUT2D eigenvalue weighted by Crippen LogP contribution is -1.96. The van der Waals surface area contributed by atoms with Crippen molar-refractivity contribution in [2.24, 2.45) is 0 Å². The molecule has 0 spiro atoms. The van der Waals surface area contributed by atoms with E-state index in [1.54, 1.807) is 23.1 Å². The maximum atomic E-state index is 4.64. The molecule has 6 heteroatoms. The SMILES string of the molecule is CSCc1nnc2sc(Cc3ccc(C)c(C)c3)nn12. The van der Waals surface area contributed by atoms with Gasteiger partial charge in [0.1, 0.15) is 5.01 Å². The number of rotatable bonds is 4. The molecule has 0 N–H and O–H groups in total. The summed E-state index contributed by atoms with van der Waals surface area (Å²) >= 11 is 3.35. The largest absolute Gasteiger partial charge is 0.234 e. The quantitative estimate of drug-likeness (QED) is 0.742. The Morgan fingerprint density at radius 1 is 1.20 bits per heavy atom. The van der Waals surface area contributed by atoms with Gasteiger partial charge >= 0.3 is 0 Å². The number of nitrogens with zero attached hydrogens (tertiary/aromatic N) is 4. The van der Waals surface area contributed by atoms with Gasteiger partial charge in [-0.15, -0.1) is 10.2 Å². The first-order valence-corrected chi connectivity index (χ1v) is 8.63. The van der Waals surface area contributed by atoms with Gasteiger partial charge in [0, 0.05) is 6.42 Å². The number of fused-ring (bicyclic) bond motifs is 1. The first-order valence-electron chi connectivity index (χ1n) is 6.42. The van der Waals surface area contributed by atoms with Crippen LogP contribution in [0.5, 0.6) is 0 Å². The molecule has 0 radical (unpaired) electrons. The third-order valence-corrected chi connectivity index (χ3v) is 4.74. The molecule has 0 aliphatic rings. The van der Waals surface area contributed by atoms with Crippen LogP contribution in [0.1, 0.15) is 27.5 Å². The molecule has 0 unspecified atom stereocenters. The van der Waals surface area contributed by atoms with E-state index in [0.717, 1.165) is 28.0 Å². The second-order valence-electron chi connectivity index (χ2n) is 4.83. The minimum atomic E-state index is 0.841. The zero-order chi connectivity index (χ0) is 14.1. The van der Waals surface area contributed by atoms with E-state index in [4.69, 9.17) is 0 Å². The van der Waals surface area contributed by atoms with Crippen molar-refractivity contribution in [3.8, 4) is 0 Å². The Morgan fingerprint density at radius 2 is 2.05 bits per heavy atom. The Hall–Kier alpha value is -1.40. The van der Waals surface area contributed by atoms with Crippen molar-refractivity contribution in [3.63, 3.8) is 0 Å². The number of hydrogen-bond donors (Lipinski definition) is 0. The van der Waals surface area contributed by atoms with Crippen molar-refractivity contribution in [1.29, 1.82) is 0 Å². The molecule has 2 heterocycles. The smallest absolute Gasteiger partial charge is 0.186 e. The van der Waals surface area contributed by atoms with Crippen molar-refractivity contribution in [3.05, 3.63) is 45.7 Å². The molecular weight excluding hydrogens is 288 g/mol. The average Bonchev–Trinajstić information content (AvgIpc) is 2.96. The fraction of sp³-hybridized carbons (Fsp3) is 0.357. The van der Waals surface area contributed by atoms with Gasteiger partial charge in [0.15, 0.2) is 5.82 Å². The fourth-order valence-corrected chi connectivity index (χ4v) is 3.40. The van der Waals surface area contributed by atoms with Gasteiger partial charge < -0.3 is 0 Å². The molecular formula is C14H16N4S2. The van der Waals surface area contributed by atoms with Gasteiger partial charge in [-0.1, -0.05) is 29.5 Å². The lowest BCUT2D eigenvalue weighted by Gasteiger charge is -2.03. The monoisotopic (exact) mass is 304 g/mol. The first-order chi connectivity index (χ1) is 9.67. The number of aryl methyl sites for hydroxylation is 2. The molecule has 3 rings (SSSR count). The van der Waals surface area contributed by atoms with E-state index < -0.39 is 0 Å². The van der Waals surface area contributed by atoms with Crippen LogP contribution in [0.4, 0.5) is 0 Å². The van der Waals surface area contributed by atoms with Gasteiger partial charge in [-0.25, -0.2) is 0 Å². The number of hydrogen-bond acceptors (Lipinski definition) is 5. The molecule has 0 aliphatic carbocycles. The van der Waals surface area contributed by atoms with Gasteiger partial charge in [-0.3, -0.25) is 0 Å². The topological polar surface area (TPSA) is 43.1 Å². The van der Waals surface area contributed by atoms with Crippen molar-refractivity contribution < 1.29 is 0 Å². The molecule has 0 atom stereocenters. The maximum absolute atomic E-state index is 4.64. The Kier molecular flexibility index (Phi) is 3.76. The van der Waals surface area contributed by atoms with Gasteiger partial charge in [0.05, 0.1) is 5.75 Å². The summed E-state index contributed by atoms with van der Waals surface area (Å²) in [4.78, 5) is 0.882. The molecule has 0 saturated heterocycles. The number of thioether (sulfide) groups is 1. The fourth-order valence-electron chi connectivity index (χ4n) is 2.08. The van der Waals surface area contributed by atoms with Crippen LogP contribution >= 0.6 is 23.1 Å². The predicted octanol–water partition coefficient (Wildman–Crippen LogP) is 3.26. The molecule has 104 valence electrons. The number of aromatic nitrogens is 4. The summed E-state index contributed by atoms with van der Waals surface area (Å²) in [6.07, 6.45) is 2.91. The van der Waals surface area contributed by atoms with Crippen LogP contribution in [0.25, 0.3) is 4.96 Å². The van der Waals surface area contributed by atoms with Crippen LogP contribution in [-0.4, -0.2) is 26.1 Å². The minimum Gasteiger partial charge on any atom is -0.186 e. The highest BCUT2D eigenvalue weighted by Gasteiger charge is 2.11. The maximum Gasteiger partial charge on any atom is 0.234 e. The predicted molar refractivity (Wildman–Crippen MR) is 84.6 cm³/mol. The Balaban J connectivity index is 1.88. The van der Waals surface area contributed by atoms with E-state index in [1.165, 1.54) is 16.7 Å². The van der Waals surface area contributed by atoms with Crippen molar-refractivity contribution in [1.82, 2.24) is 19.8 Å². The highest BCUT2D eigenvalue weighted by atomic mass is 32.2. The lowest BCUT2D eigenvalue weighted by atomic mass is 10.0. The summed E-state index contributed by atoms with van der Waals surface area (Å²) in [5.41, 5.74) is 3.95. The summed E-state index contributed by atoms with van der Waals surface area (Å²) in [7, 11) is 0. The van der Waals surface area contributed by atoms with Crippen LogP contribution in [0.3, 0.4) is 0 Å². The van der Waals surface area contributed by atoms with E-state index in [0.29, 0.717) is 0 Å². The zero-order valence-electron chi connectivity index (χ0n) is 11.8. The zero-order valence-corrected chi connectivity index (χ0v) is 13.4. The summed E-state index contributed by atoms with van der Waals surface area (Å²) in [6.45, 7) is 4.28. The molecule has 3 aromatic rings. The molecule has 0 aliphatic heterocycles. The summed E-state index contributed by atoms with van der Waals surface area (Å²) in [6, 6.07) is 6.58. The van der Waals surface area contributed by atoms with Crippen molar-refractivity contribution >= 4 is 28.1 Å². The second-order valence-corrected chi connectivity index (χ2v) is 6.74. The van der Waals surface area contributed by atoms with Crippen LogP contribution < -0.4 is 0 Å². The molecule has 0 fully saturated rings. The molecule has 1 aromatic carbocycles. The highest BCUT2D eigenvalue weighted by molar-refractivity contribution is 7.97. The van der Waals surface area contributed by atoms with Gasteiger partial charge in [0.2, 0.25) is 4.96 Å². The van der Waals surface area contributed by atoms with Crippen molar-refractivity contribution in [2.45, 2.75) is 26.0 Å². The van der Waals surface area contributed by atoms with E-state index in [9.17, 15) is 0 Å². The summed E-state index contributed by atoms with van der Waals surface area (Å²) in [5.74, 6) is 1.77. The highest BCUT2D eigenvalue weighted by Crippen LogP contribution is 2.20. The second kappa shape index (κ2) is 5.54. The van der Waals surface area contributed by atoms with E-state index in [-0.39, 0.29) is 0 Å². The van der Waals surface area contributed by atoms with Gasteiger partial charge in [0.25, 0.3) is 0 Å². The van der Waals surface area contributed by atoms with Gasteiger partial charge in [-0.2, -0.15) is 21.4 Å². The van der Waals surface area contributed by atoms with Crippen LogP contribution in [0, 0.1) is 13.8 Å². The van der Waals surface area contributed by atoms with Crippen LogP contribution in [-0.2, 0) is 12.2 Å². The van der Waals surface area contributed by atoms with E-state index >= 15 is 0 Å². The van der Waals surface area contributed by atoms with Crippen molar-refractivity contribution in [2.75, 3.05) is 6.26 Å². The first kappa shape index (κ1) is 13.6. The number of benzene rings is 1. The standard InChI is InChI=1S/C14H16N4S2/c1-9-4-5-11(6-10(9)2)7-13-17-18-12(8-19-3)15-16-14(18)20-13/h4-6H,7-8H2,1-3H3. The normalized spacial score (nSPS) is 11.3. The minimum absolute atomic E-state index is 0.841. The average molecular weight is 304 g/mol. The van der Waals surface area contributed by atoms with Crippen LogP contribution in [0.15, 0.2) is 18.2 Å². The lowest BCUT2D eigenvalue weighted by molar-refractivity contribution is 0.856. The van der Waals surface area contributed by atoms with Crippen LogP contribution in [0.2, 0.25) is 0 Å². The molecule has 4 nitrogen and oxygen atoms in total. The molecule has 20 heavy (non-hydrogen) atoms. The summed E-state index contributed by atoms with van der Waals surface area (Å²) in [5, 5.41) is 14.1. The Bertz CT molecular complexity index is 745. The Labute approximate surface area is 126 Å². The van der Waals surface area contributed by atoms with E-state index in [2.05, 4.69) is 53.6 Å². The third-order valence-electron chi connectivity index (χ3n) is 3.30. The molecule has 0 saturated carbocycles. The third kappa shape index (κ3) is 2.58. The van der Waals surface area contributed by atoms with Gasteiger partial charge in [-0.05, 0) is 36.8 Å². The molecule has 0 amide bonds. The Morgan fingerprint density at radius 3 is 2.80 bits per heavy atom. The molecule has 0 bridgehead atoms. The van der Waals surface area contributed by atoms with E-state index in [1.807, 2.05) is 4.52 Å².